The van der Waals surface area contributed by atoms with Gasteiger partial charge in [0.15, 0.2) is 0 Å². The molecule has 116 valence electrons. The van der Waals surface area contributed by atoms with Crippen molar-refractivity contribution >= 4 is 22.1 Å². The molecule has 0 unspecified atom stereocenters. The van der Waals surface area contributed by atoms with Gasteiger partial charge < -0.3 is 9.13 Å². The Morgan fingerprint density at radius 1 is 0.696 bits per heavy atom. The van der Waals surface area contributed by atoms with Gasteiger partial charge in [-0.3, -0.25) is 0 Å². The predicted molar refractivity (Wildman–Crippen MR) is 93.6 cm³/mol. The Labute approximate surface area is 135 Å². The highest BCUT2D eigenvalue weighted by atomic mass is 15.1. The summed E-state index contributed by atoms with van der Waals surface area (Å²) in [4.78, 5) is 9.28. The van der Waals surface area contributed by atoms with E-state index in [-0.39, 0.29) is 0 Å². The maximum absolute atomic E-state index is 4.64. The van der Waals surface area contributed by atoms with E-state index in [4.69, 9.17) is 0 Å². The van der Waals surface area contributed by atoms with Gasteiger partial charge in [0.1, 0.15) is 11.6 Å². The summed E-state index contributed by atoms with van der Waals surface area (Å²) in [6.45, 7) is 6.10. The molecule has 0 radical (unpaired) electrons. The number of para-hydroxylation sites is 4. The van der Waals surface area contributed by atoms with Crippen molar-refractivity contribution in [3.8, 4) is 0 Å². The molecular weight excluding hydrogens is 284 g/mol. The maximum atomic E-state index is 4.64. The van der Waals surface area contributed by atoms with Crippen molar-refractivity contribution in [2.75, 3.05) is 0 Å². The fourth-order valence-corrected chi connectivity index (χ4v) is 3.34. The standard InChI is InChI=1S/C19H20N4/c1-14-20-16-8-3-5-10-18(16)22(14)12-7-13-23-15(2)21-17-9-4-6-11-19(17)23/h3-6,8-11H,7,12-13H2,1-2H3. The van der Waals surface area contributed by atoms with E-state index in [2.05, 4.69) is 69.3 Å². The van der Waals surface area contributed by atoms with E-state index in [0.29, 0.717) is 0 Å². The van der Waals surface area contributed by atoms with E-state index in [1.807, 2.05) is 12.1 Å². The molecule has 0 aliphatic carbocycles. The molecule has 4 rings (SSSR count). The molecule has 0 N–H and O–H groups in total. The van der Waals surface area contributed by atoms with Crippen LogP contribution in [-0.4, -0.2) is 19.1 Å². The second-order valence-corrected chi connectivity index (χ2v) is 5.95. The third-order valence-electron chi connectivity index (χ3n) is 4.45. The molecule has 0 atom stereocenters. The molecule has 0 amide bonds. The Morgan fingerprint density at radius 3 is 1.61 bits per heavy atom. The van der Waals surface area contributed by atoms with Gasteiger partial charge in [-0.15, -0.1) is 0 Å². The zero-order valence-electron chi connectivity index (χ0n) is 13.5. The lowest BCUT2D eigenvalue weighted by molar-refractivity contribution is 0.564. The van der Waals surface area contributed by atoms with Crippen LogP contribution in [0.2, 0.25) is 0 Å². The summed E-state index contributed by atoms with van der Waals surface area (Å²) in [5, 5.41) is 0. The average molecular weight is 304 g/mol. The third kappa shape index (κ3) is 2.40. The predicted octanol–water partition coefficient (Wildman–Crippen LogP) is 4.09. The van der Waals surface area contributed by atoms with Crippen LogP contribution in [0.1, 0.15) is 18.1 Å². The second kappa shape index (κ2) is 5.54. The van der Waals surface area contributed by atoms with E-state index < -0.39 is 0 Å². The number of hydrogen-bond acceptors (Lipinski definition) is 2. The summed E-state index contributed by atoms with van der Waals surface area (Å²) in [5.41, 5.74) is 4.60. The molecule has 0 fully saturated rings. The van der Waals surface area contributed by atoms with Crippen molar-refractivity contribution in [1.82, 2.24) is 19.1 Å². The first kappa shape index (κ1) is 14.0. The van der Waals surface area contributed by atoms with Crippen LogP contribution in [0.3, 0.4) is 0 Å². The Hall–Kier alpha value is -2.62. The Morgan fingerprint density at radius 2 is 1.13 bits per heavy atom. The van der Waals surface area contributed by atoms with Crippen LogP contribution >= 0.6 is 0 Å². The smallest absolute Gasteiger partial charge is 0.106 e. The average Bonchev–Trinajstić information content (AvgIpc) is 3.04. The fourth-order valence-electron chi connectivity index (χ4n) is 3.34. The minimum atomic E-state index is 0.971. The number of fused-ring (bicyclic) bond motifs is 2. The second-order valence-electron chi connectivity index (χ2n) is 5.95. The summed E-state index contributed by atoms with van der Waals surface area (Å²) in [6, 6.07) is 16.7. The molecule has 0 aliphatic rings. The molecule has 23 heavy (non-hydrogen) atoms. The van der Waals surface area contributed by atoms with Crippen LogP contribution in [0.15, 0.2) is 48.5 Å². The first-order valence-corrected chi connectivity index (χ1v) is 8.08. The van der Waals surface area contributed by atoms with Crippen LogP contribution in [0, 0.1) is 13.8 Å². The first-order chi connectivity index (χ1) is 11.2. The molecular formula is C19H20N4. The normalized spacial score (nSPS) is 11.6. The van der Waals surface area contributed by atoms with Crippen molar-refractivity contribution in [3.05, 3.63) is 60.2 Å². The molecule has 2 heterocycles. The van der Waals surface area contributed by atoms with Crippen molar-refractivity contribution in [2.24, 2.45) is 0 Å². The molecule has 0 aliphatic heterocycles. The zero-order chi connectivity index (χ0) is 15.8. The van der Waals surface area contributed by atoms with Crippen LogP contribution in [0.5, 0.6) is 0 Å². The molecule has 0 spiro atoms. The van der Waals surface area contributed by atoms with Crippen molar-refractivity contribution in [3.63, 3.8) is 0 Å². The summed E-state index contributed by atoms with van der Waals surface area (Å²) in [7, 11) is 0. The number of imidazole rings is 2. The van der Waals surface area contributed by atoms with Gasteiger partial charge in [-0.1, -0.05) is 24.3 Å². The van der Waals surface area contributed by atoms with Gasteiger partial charge in [-0.25, -0.2) is 9.97 Å². The Bertz CT molecular complexity index is 898. The van der Waals surface area contributed by atoms with E-state index in [9.17, 15) is 0 Å². The molecule has 0 bridgehead atoms. The summed E-state index contributed by atoms with van der Waals surface area (Å²) >= 11 is 0. The molecule has 0 saturated heterocycles. The van der Waals surface area contributed by atoms with Crippen LogP contribution in [0.4, 0.5) is 0 Å². The number of benzene rings is 2. The quantitative estimate of drug-likeness (QED) is 0.569. The minimum absolute atomic E-state index is 0.971. The number of rotatable bonds is 4. The van der Waals surface area contributed by atoms with Gasteiger partial charge in [0, 0.05) is 13.1 Å². The lowest BCUT2D eigenvalue weighted by atomic mass is 10.3. The van der Waals surface area contributed by atoms with E-state index in [1.165, 1.54) is 11.0 Å². The number of nitrogens with zero attached hydrogens (tertiary/aromatic N) is 4. The Kier molecular flexibility index (Phi) is 3.37. The van der Waals surface area contributed by atoms with Gasteiger partial charge in [-0.05, 0) is 44.5 Å². The first-order valence-electron chi connectivity index (χ1n) is 8.08. The highest BCUT2D eigenvalue weighted by Crippen LogP contribution is 2.18. The van der Waals surface area contributed by atoms with E-state index >= 15 is 0 Å². The molecule has 4 aromatic rings. The van der Waals surface area contributed by atoms with Crippen molar-refractivity contribution < 1.29 is 0 Å². The van der Waals surface area contributed by atoms with Crippen molar-refractivity contribution in [2.45, 2.75) is 33.4 Å². The maximum Gasteiger partial charge on any atom is 0.106 e. The summed E-state index contributed by atoms with van der Waals surface area (Å²) in [6.07, 6.45) is 1.06. The third-order valence-corrected chi connectivity index (χ3v) is 4.45. The monoisotopic (exact) mass is 304 g/mol. The summed E-state index contributed by atoms with van der Waals surface area (Å²) in [5.74, 6) is 2.16. The molecule has 0 saturated carbocycles. The lowest BCUT2D eigenvalue weighted by Gasteiger charge is -2.09. The van der Waals surface area contributed by atoms with Gasteiger partial charge in [0.2, 0.25) is 0 Å². The van der Waals surface area contributed by atoms with Crippen molar-refractivity contribution in [1.29, 1.82) is 0 Å². The number of aryl methyl sites for hydroxylation is 4. The number of aromatic nitrogens is 4. The topological polar surface area (TPSA) is 35.6 Å². The van der Waals surface area contributed by atoms with Crippen LogP contribution in [0.25, 0.3) is 22.1 Å². The van der Waals surface area contributed by atoms with E-state index in [0.717, 1.165) is 42.2 Å². The van der Waals surface area contributed by atoms with Crippen LogP contribution < -0.4 is 0 Å². The van der Waals surface area contributed by atoms with Gasteiger partial charge in [0.25, 0.3) is 0 Å². The minimum Gasteiger partial charge on any atom is -0.328 e. The molecule has 2 aromatic carbocycles. The molecule has 4 nitrogen and oxygen atoms in total. The highest BCUT2D eigenvalue weighted by Gasteiger charge is 2.08. The van der Waals surface area contributed by atoms with Gasteiger partial charge in [0.05, 0.1) is 22.1 Å². The highest BCUT2D eigenvalue weighted by molar-refractivity contribution is 5.76. The number of hydrogen-bond donors (Lipinski definition) is 0. The van der Waals surface area contributed by atoms with Gasteiger partial charge >= 0.3 is 0 Å². The fraction of sp³-hybridized carbons (Fsp3) is 0.263. The van der Waals surface area contributed by atoms with Gasteiger partial charge in [-0.2, -0.15) is 0 Å². The summed E-state index contributed by atoms with van der Waals surface area (Å²) < 4.78 is 4.62. The van der Waals surface area contributed by atoms with E-state index in [1.54, 1.807) is 0 Å². The van der Waals surface area contributed by atoms with Crippen LogP contribution in [-0.2, 0) is 13.1 Å². The lowest BCUT2D eigenvalue weighted by Crippen LogP contribution is -2.06. The Balaban J connectivity index is 1.57. The molecule has 2 aromatic heterocycles. The SMILES string of the molecule is Cc1nc2ccccc2n1CCCn1c(C)nc2ccccc21. The molecule has 4 heteroatoms. The zero-order valence-corrected chi connectivity index (χ0v) is 13.5. The largest absolute Gasteiger partial charge is 0.328 e.